The van der Waals surface area contributed by atoms with E-state index >= 15 is 0 Å². The van der Waals surface area contributed by atoms with E-state index in [1.54, 1.807) is 0 Å². The average molecular weight is 243 g/mol. The molecule has 0 bridgehead atoms. The molecule has 1 N–H and O–H groups in total. The van der Waals surface area contributed by atoms with E-state index in [9.17, 15) is 4.79 Å². The largest absolute Gasteiger partial charge is 0.316 e. The molecular formula is C14H17N3O. The number of rotatable bonds is 2. The van der Waals surface area contributed by atoms with E-state index in [2.05, 4.69) is 20.8 Å². The second kappa shape index (κ2) is 4.53. The quantitative estimate of drug-likeness (QED) is 0.820. The molecule has 1 unspecified atom stereocenters. The third kappa shape index (κ3) is 1.82. The van der Waals surface area contributed by atoms with Gasteiger partial charge in [0, 0.05) is 18.7 Å². The summed E-state index contributed by atoms with van der Waals surface area (Å²) in [6.07, 6.45) is 5.18. The smallest absolute Gasteiger partial charge is 0.170 e. The summed E-state index contributed by atoms with van der Waals surface area (Å²) in [5, 5.41) is 3.40. The Morgan fingerprint density at radius 3 is 3.17 bits per heavy atom. The van der Waals surface area contributed by atoms with Gasteiger partial charge in [0.25, 0.3) is 0 Å². The van der Waals surface area contributed by atoms with Gasteiger partial charge in [-0.2, -0.15) is 0 Å². The molecule has 0 spiro atoms. The van der Waals surface area contributed by atoms with Crippen molar-refractivity contribution in [3.63, 3.8) is 0 Å². The molecule has 94 valence electrons. The standard InChI is InChI=1S/C14H17N3O/c1-10-4-6-17-13(7-10)12(9-18)16-14(17)11-3-2-5-15-8-11/h4,6-7,9,11,15H,2-3,5,8H2,1H3. The molecular weight excluding hydrogens is 226 g/mol. The number of nitrogens with zero attached hydrogens (tertiary/aromatic N) is 2. The SMILES string of the molecule is Cc1ccn2c(C3CCCNC3)nc(C=O)c2c1. The fourth-order valence-corrected chi connectivity index (χ4v) is 2.68. The highest BCUT2D eigenvalue weighted by molar-refractivity contribution is 5.84. The van der Waals surface area contributed by atoms with Crippen LogP contribution in [0.5, 0.6) is 0 Å². The van der Waals surface area contributed by atoms with Crippen molar-refractivity contribution in [3.8, 4) is 0 Å². The van der Waals surface area contributed by atoms with Crippen molar-refractivity contribution in [2.75, 3.05) is 13.1 Å². The minimum absolute atomic E-state index is 0.405. The topological polar surface area (TPSA) is 46.4 Å². The Bertz CT molecular complexity index is 582. The van der Waals surface area contributed by atoms with Gasteiger partial charge in [0.1, 0.15) is 11.5 Å². The molecule has 0 amide bonds. The van der Waals surface area contributed by atoms with Crippen LogP contribution in [0.15, 0.2) is 18.3 Å². The van der Waals surface area contributed by atoms with E-state index in [1.807, 2.05) is 19.2 Å². The second-order valence-corrected chi connectivity index (χ2v) is 4.98. The van der Waals surface area contributed by atoms with Crippen molar-refractivity contribution in [1.82, 2.24) is 14.7 Å². The lowest BCUT2D eigenvalue weighted by atomic mass is 9.99. The lowest BCUT2D eigenvalue weighted by molar-refractivity contribution is 0.112. The highest BCUT2D eigenvalue weighted by atomic mass is 16.1. The zero-order valence-corrected chi connectivity index (χ0v) is 10.5. The normalized spacial score (nSPS) is 20.2. The number of piperidine rings is 1. The summed E-state index contributed by atoms with van der Waals surface area (Å²) < 4.78 is 2.06. The van der Waals surface area contributed by atoms with Crippen LogP contribution in [0.25, 0.3) is 5.52 Å². The Kier molecular flexibility index (Phi) is 2.88. The van der Waals surface area contributed by atoms with E-state index in [0.717, 1.165) is 42.7 Å². The van der Waals surface area contributed by atoms with E-state index in [-0.39, 0.29) is 0 Å². The van der Waals surface area contributed by atoms with Gasteiger partial charge in [0.2, 0.25) is 0 Å². The summed E-state index contributed by atoms with van der Waals surface area (Å²) in [5.41, 5.74) is 2.63. The van der Waals surface area contributed by atoms with Crippen molar-refractivity contribution >= 4 is 11.8 Å². The van der Waals surface area contributed by atoms with Gasteiger partial charge in [0.05, 0.1) is 5.52 Å². The first-order valence-corrected chi connectivity index (χ1v) is 6.44. The molecule has 2 aromatic heterocycles. The lowest BCUT2D eigenvalue weighted by Gasteiger charge is -2.21. The highest BCUT2D eigenvalue weighted by Crippen LogP contribution is 2.25. The third-order valence-corrected chi connectivity index (χ3v) is 3.63. The summed E-state index contributed by atoms with van der Waals surface area (Å²) >= 11 is 0. The molecule has 1 atom stereocenters. The summed E-state index contributed by atoms with van der Waals surface area (Å²) in [5.74, 6) is 1.42. The van der Waals surface area contributed by atoms with Gasteiger partial charge in [0.15, 0.2) is 6.29 Å². The molecule has 3 rings (SSSR count). The zero-order valence-electron chi connectivity index (χ0n) is 10.5. The lowest BCUT2D eigenvalue weighted by Crippen LogP contribution is -2.29. The molecule has 1 aliphatic rings. The number of aryl methyl sites for hydroxylation is 1. The van der Waals surface area contributed by atoms with Crippen LogP contribution in [0, 0.1) is 6.92 Å². The minimum atomic E-state index is 0.405. The number of carbonyl (C=O) groups is 1. The van der Waals surface area contributed by atoms with E-state index in [1.165, 1.54) is 6.42 Å². The average Bonchev–Trinajstić information content (AvgIpc) is 2.77. The molecule has 0 saturated carbocycles. The molecule has 1 saturated heterocycles. The Balaban J connectivity index is 2.13. The van der Waals surface area contributed by atoms with Crippen LogP contribution in [-0.4, -0.2) is 28.8 Å². The molecule has 3 heterocycles. The molecule has 2 aromatic rings. The zero-order chi connectivity index (χ0) is 12.5. The third-order valence-electron chi connectivity index (χ3n) is 3.63. The Labute approximate surface area is 106 Å². The molecule has 0 aliphatic carbocycles. The molecule has 0 aromatic carbocycles. The predicted octanol–water partition coefficient (Wildman–Crippen LogP) is 1.92. The van der Waals surface area contributed by atoms with Crippen molar-refractivity contribution in [1.29, 1.82) is 0 Å². The van der Waals surface area contributed by atoms with E-state index < -0.39 is 0 Å². The Morgan fingerprint density at radius 2 is 2.44 bits per heavy atom. The van der Waals surface area contributed by atoms with Crippen LogP contribution in [0.3, 0.4) is 0 Å². The van der Waals surface area contributed by atoms with Gasteiger partial charge < -0.3 is 9.72 Å². The summed E-state index contributed by atoms with van der Waals surface area (Å²) in [4.78, 5) is 15.7. The molecule has 18 heavy (non-hydrogen) atoms. The van der Waals surface area contributed by atoms with Crippen molar-refractivity contribution in [2.24, 2.45) is 0 Å². The number of fused-ring (bicyclic) bond motifs is 1. The second-order valence-electron chi connectivity index (χ2n) is 4.98. The number of aromatic nitrogens is 2. The number of hydrogen-bond donors (Lipinski definition) is 1. The van der Waals surface area contributed by atoms with Crippen LogP contribution >= 0.6 is 0 Å². The minimum Gasteiger partial charge on any atom is -0.316 e. The molecule has 0 radical (unpaired) electrons. The summed E-state index contributed by atoms with van der Waals surface area (Å²) in [6.45, 7) is 4.06. The first kappa shape index (κ1) is 11.4. The summed E-state index contributed by atoms with van der Waals surface area (Å²) in [7, 11) is 0. The fourth-order valence-electron chi connectivity index (χ4n) is 2.68. The molecule has 4 nitrogen and oxygen atoms in total. The maximum atomic E-state index is 11.1. The maximum absolute atomic E-state index is 11.1. The van der Waals surface area contributed by atoms with E-state index in [0.29, 0.717) is 11.6 Å². The van der Waals surface area contributed by atoms with Crippen molar-refractivity contribution in [2.45, 2.75) is 25.7 Å². The maximum Gasteiger partial charge on any atom is 0.170 e. The van der Waals surface area contributed by atoms with Crippen molar-refractivity contribution < 1.29 is 4.79 Å². The Hall–Kier alpha value is -1.68. The molecule has 1 fully saturated rings. The van der Waals surface area contributed by atoms with Crippen LogP contribution in [0.4, 0.5) is 0 Å². The van der Waals surface area contributed by atoms with Gasteiger partial charge in [-0.1, -0.05) is 0 Å². The summed E-state index contributed by atoms with van der Waals surface area (Å²) in [6, 6.07) is 4.08. The monoisotopic (exact) mass is 243 g/mol. The van der Waals surface area contributed by atoms with Crippen LogP contribution in [0.2, 0.25) is 0 Å². The first-order valence-electron chi connectivity index (χ1n) is 6.44. The predicted molar refractivity (Wildman–Crippen MR) is 70.2 cm³/mol. The number of hydrogen-bond acceptors (Lipinski definition) is 3. The van der Waals surface area contributed by atoms with Crippen LogP contribution in [0.1, 0.15) is 40.6 Å². The van der Waals surface area contributed by atoms with Gasteiger partial charge in [-0.25, -0.2) is 4.98 Å². The van der Waals surface area contributed by atoms with Gasteiger partial charge >= 0.3 is 0 Å². The van der Waals surface area contributed by atoms with Gasteiger partial charge in [-0.3, -0.25) is 4.79 Å². The fraction of sp³-hybridized carbons (Fsp3) is 0.429. The number of aldehydes is 1. The molecule has 1 aliphatic heterocycles. The van der Waals surface area contributed by atoms with Crippen LogP contribution < -0.4 is 5.32 Å². The molecule has 4 heteroatoms. The van der Waals surface area contributed by atoms with Crippen LogP contribution in [-0.2, 0) is 0 Å². The first-order chi connectivity index (χ1) is 8.79. The number of nitrogens with one attached hydrogen (secondary N) is 1. The number of imidazole rings is 1. The highest BCUT2D eigenvalue weighted by Gasteiger charge is 2.21. The van der Waals surface area contributed by atoms with E-state index in [4.69, 9.17) is 0 Å². The number of pyridine rings is 1. The van der Waals surface area contributed by atoms with Gasteiger partial charge in [-0.05, 0) is 44.0 Å². The Morgan fingerprint density at radius 1 is 1.56 bits per heavy atom. The van der Waals surface area contributed by atoms with Gasteiger partial charge in [-0.15, -0.1) is 0 Å². The van der Waals surface area contributed by atoms with Crippen molar-refractivity contribution in [3.05, 3.63) is 35.4 Å². The number of carbonyl (C=O) groups excluding carboxylic acids is 1.